The fourth-order valence-corrected chi connectivity index (χ4v) is 2.27. The summed E-state index contributed by atoms with van der Waals surface area (Å²) < 4.78 is 0. The zero-order valence-corrected chi connectivity index (χ0v) is 13.4. The van der Waals surface area contributed by atoms with Crippen LogP contribution in [0.4, 0.5) is 11.6 Å². The maximum Gasteiger partial charge on any atom is 0.131 e. The Labute approximate surface area is 131 Å². The zero-order chi connectivity index (χ0) is 15.2. The van der Waals surface area contributed by atoms with Gasteiger partial charge in [-0.2, -0.15) is 0 Å². The lowest BCUT2D eigenvalue weighted by Crippen LogP contribution is -2.13. The lowest BCUT2D eigenvalue weighted by atomic mass is 10.1. The van der Waals surface area contributed by atoms with Crippen LogP contribution in [0.5, 0.6) is 0 Å². The quantitative estimate of drug-likeness (QED) is 0.849. The molecule has 2 N–H and O–H groups in total. The third-order valence-electron chi connectivity index (χ3n) is 2.88. The molecule has 0 aliphatic heterocycles. The zero-order valence-electron chi connectivity index (χ0n) is 12.7. The molecule has 0 aliphatic carbocycles. The van der Waals surface area contributed by atoms with Crippen molar-refractivity contribution in [3.63, 3.8) is 0 Å². The van der Waals surface area contributed by atoms with Crippen molar-refractivity contribution in [2.45, 2.75) is 33.2 Å². The molecule has 0 unspecified atom stereocenters. The molecule has 0 fully saturated rings. The van der Waals surface area contributed by atoms with Gasteiger partial charge in [-0.25, -0.2) is 9.97 Å². The van der Waals surface area contributed by atoms with Crippen molar-refractivity contribution in [2.75, 3.05) is 17.2 Å². The van der Waals surface area contributed by atoms with Crippen LogP contribution in [0.3, 0.4) is 0 Å². The molecule has 2 aromatic rings. The van der Waals surface area contributed by atoms with Gasteiger partial charge in [0.15, 0.2) is 0 Å². The highest BCUT2D eigenvalue weighted by Crippen LogP contribution is 2.14. The summed E-state index contributed by atoms with van der Waals surface area (Å²) in [5.41, 5.74) is 1.21. The third-order valence-corrected chi connectivity index (χ3v) is 3.12. The number of hydrogen-bond donors (Lipinski definition) is 2. The Morgan fingerprint density at radius 2 is 1.90 bits per heavy atom. The molecule has 0 saturated heterocycles. The first-order valence-electron chi connectivity index (χ1n) is 7.13. The summed E-state index contributed by atoms with van der Waals surface area (Å²) in [7, 11) is 0. The SMILES string of the molecule is Cc1nc(NCCc2cccc(Cl)c2)cc(NC(C)C)n1. The van der Waals surface area contributed by atoms with E-state index in [1.165, 1.54) is 5.56 Å². The van der Waals surface area contributed by atoms with Gasteiger partial charge in [0, 0.05) is 23.7 Å². The van der Waals surface area contributed by atoms with Gasteiger partial charge in [0.05, 0.1) is 0 Å². The summed E-state index contributed by atoms with van der Waals surface area (Å²) in [5.74, 6) is 2.45. The number of nitrogens with zero attached hydrogens (tertiary/aromatic N) is 2. The van der Waals surface area contributed by atoms with Gasteiger partial charge in [0.2, 0.25) is 0 Å². The monoisotopic (exact) mass is 304 g/mol. The fraction of sp³-hybridized carbons (Fsp3) is 0.375. The first-order chi connectivity index (χ1) is 10.0. The highest BCUT2D eigenvalue weighted by Gasteiger charge is 2.03. The maximum atomic E-state index is 5.98. The van der Waals surface area contributed by atoms with Gasteiger partial charge in [-0.15, -0.1) is 0 Å². The van der Waals surface area contributed by atoms with Crippen molar-refractivity contribution in [1.82, 2.24) is 9.97 Å². The molecule has 0 saturated carbocycles. The summed E-state index contributed by atoms with van der Waals surface area (Å²) in [6.45, 7) is 6.87. The highest BCUT2D eigenvalue weighted by molar-refractivity contribution is 6.30. The third kappa shape index (κ3) is 5.23. The van der Waals surface area contributed by atoms with E-state index in [1.54, 1.807) is 0 Å². The van der Waals surface area contributed by atoms with E-state index in [0.29, 0.717) is 6.04 Å². The summed E-state index contributed by atoms with van der Waals surface area (Å²) in [4.78, 5) is 8.77. The second-order valence-corrected chi connectivity index (χ2v) is 5.73. The number of benzene rings is 1. The van der Waals surface area contributed by atoms with Gasteiger partial charge in [0.1, 0.15) is 17.5 Å². The summed E-state index contributed by atoms with van der Waals surface area (Å²) >= 11 is 5.98. The standard InChI is InChI=1S/C16H21ClN4/c1-11(2)19-16-10-15(20-12(3)21-16)18-8-7-13-5-4-6-14(17)9-13/h4-6,9-11H,7-8H2,1-3H3,(H2,18,19,20,21). The predicted molar refractivity (Wildman–Crippen MR) is 89.2 cm³/mol. The Bertz CT molecular complexity index is 599. The number of hydrogen-bond acceptors (Lipinski definition) is 4. The molecule has 112 valence electrons. The Balaban J connectivity index is 1.95. The molecule has 0 aliphatic rings. The van der Waals surface area contributed by atoms with E-state index in [-0.39, 0.29) is 0 Å². The van der Waals surface area contributed by atoms with Crippen molar-refractivity contribution in [3.05, 3.63) is 46.7 Å². The van der Waals surface area contributed by atoms with E-state index >= 15 is 0 Å². The molecule has 0 atom stereocenters. The summed E-state index contributed by atoms with van der Waals surface area (Å²) in [5, 5.41) is 7.40. The van der Waals surface area contributed by atoms with Crippen molar-refractivity contribution >= 4 is 23.2 Å². The molecule has 2 rings (SSSR count). The fourth-order valence-electron chi connectivity index (χ4n) is 2.06. The van der Waals surface area contributed by atoms with Gasteiger partial charge in [-0.3, -0.25) is 0 Å². The van der Waals surface area contributed by atoms with Crippen LogP contribution in [-0.2, 0) is 6.42 Å². The largest absolute Gasteiger partial charge is 0.370 e. The highest BCUT2D eigenvalue weighted by atomic mass is 35.5. The van der Waals surface area contributed by atoms with Crippen molar-refractivity contribution in [1.29, 1.82) is 0 Å². The molecule has 0 amide bonds. The number of anilines is 2. The van der Waals surface area contributed by atoms with E-state index in [9.17, 15) is 0 Å². The lowest BCUT2D eigenvalue weighted by molar-refractivity contribution is 0.879. The van der Waals surface area contributed by atoms with Crippen LogP contribution in [0.25, 0.3) is 0 Å². The first kappa shape index (κ1) is 15.6. The Kier molecular flexibility index (Phi) is 5.39. The number of halogens is 1. The van der Waals surface area contributed by atoms with Crippen LogP contribution in [0.1, 0.15) is 25.2 Å². The summed E-state index contributed by atoms with van der Waals surface area (Å²) in [6.07, 6.45) is 0.899. The van der Waals surface area contributed by atoms with E-state index in [2.05, 4.69) is 40.5 Å². The van der Waals surface area contributed by atoms with Crippen LogP contribution in [-0.4, -0.2) is 22.6 Å². The van der Waals surface area contributed by atoms with Gasteiger partial charge >= 0.3 is 0 Å². The number of rotatable bonds is 6. The van der Waals surface area contributed by atoms with Crippen LogP contribution in [0.15, 0.2) is 30.3 Å². The van der Waals surface area contributed by atoms with Crippen LogP contribution in [0, 0.1) is 6.92 Å². The number of aromatic nitrogens is 2. The van der Waals surface area contributed by atoms with Crippen LogP contribution < -0.4 is 10.6 Å². The molecule has 1 heterocycles. The van der Waals surface area contributed by atoms with Crippen LogP contribution in [0.2, 0.25) is 5.02 Å². The average Bonchev–Trinajstić information content (AvgIpc) is 2.37. The molecule has 1 aromatic carbocycles. The molecule has 21 heavy (non-hydrogen) atoms. The van der Waals surface area contributed by atoms with Gasteiger partial charge in [0.25, 0.3) is 0 Å². The van der Waals surface area contributed by atoms with Crippen molar-refractivity contribution < 1.29 is 0 Å². The molecular weight excluding hydrogens is 284 g/mol. The predicted octanol–water partition coefficient (Wildman–Crippen LogP) is 3.91. The second kappa shape index (κ2) is 7.27. The molecule has 0 radical (unpaired) electrons. The molecule has 5 heteroatoms. The topological polar surface area (TPSA) is 49.8 Å². The van der Waals surface area contributed by atoms with Crippen LogP contribution >= 0.6 is 11.6 Å². The molecule has 1 aromatic heterocycles. The lowest BCUT2D eigenvalue weighted by Gasteiger charge is -2.12. The second-order valence-electron chi connectivity index (χ2n) is 5.29. The summed E-state index contributed by atoms with van der Waals surface area (Å²) in [6, 6.07) is 10.2. The maximum absolute atomic E-state index is 5.98. The normalized spacial score (nSPS) is 10.7. The number of aryl methyl sites for hydroxylation is 1. The van der Waals surface area contributed by atoms with E-state index in [1.807, 2.05) is 31.2 Å². The minimum absolute atomic E-state index is 0.346. The van der Waals surface area contributed by atoms with E-state index in [4.69, 9.17) is 11.6 Å². The van der Waals surface area contributed by atoms with Crippen molar-refractivity contribution in [3.8, 4) is 0 Å². The number of nitrogens with one attached hydrogen (secondary N) is 2. The Hall–Kier alpha value is -1.81. The first-order valence-corrected chi connectivity index (χ1v) is 7.51. The average molecular weight is 305 g/mol. The Morgan fingerprint density at radius 3 is 2.62 bits per heavy atom. The van der Waals surface area contributed by atoms with Crippen molar-refractivity contribution in [2.24, 2.45) is 0 Å². The minimum Gasteiger partial charge on any atom is -0.370 e. The molecule has 4 nitrogen and oxygen atoms in total. The van der Waals surface area contributed by atoms with Gasteiger partial charge in [-0.1, -0.05) is 23.7 Å². The van der Waals surface area contributed by atoms with E-state index in [0.717, 1.165) is 35.4 Å². The smallest absolute Gasteiger partial charge is 0.131 e. The van der Waals surface area contributed by atoms with Gasteiger partial charge < -0.3 is 10.6 Å². The molecule has 0 bridgehead atoms. The van der Waals surface area contributed by atoms with E-state index < -0.39 is 0 Å². The minimum atomic E-state index is 0.346. The molecular formula is C16H21ClN4. The van der Waals surface area contributed by atoms with Gasteiger partial charge in [-0.05, 0) is 44.9 Å². The Morgan fingerprint density at radius 1 is 1.14 bits per heavy atom. The molecule has 0 spiro atoms.